The molecule has 1 aliphatic carbocycles. The molecule has 4 rings (SSSR count). The van der Waals surface area contributed by atoms with Crippen LogP contribution in [0.25, 0.3) is 11.3 Å². The van der Waals surface area contributed by atoms with Crippen molar-refractivity contribution in [2.75, 3.05) is 5.32 Å². The van der Waals surface area contributed by atoms with Crippen molar-refractivity contribution in [2.45, 2.75) is 44.7 Å². The Hall–Kier alpha value is -3.02. The Morgan fingerprint density at radius 1 is 1.00 bits per heavy atom. The molecule has 1 N–H and O–H groups in total. The maximum absolute atomic E-state index is 12.4. The van der Waals surface area contributed by atoms with E-state index >= 15 is 0 Å². The molecule has 1 aliphatic rings. The minimum absolute atomic E-state index is 0.0334. The number of hydrogen-bond donors (Lipinski definition) is 1. The second kappa shape index (κ2) is 7.70. The Labute approximate surface area is 158 Å². The van der Waals surface area contributed by atoms with Gasteiger partial charge in [-0.25, -0.2) is 4.68 Å². The number of rotatable bonds is 4. The lowest BCUT2D eigenvalue weighted by atomic mass is 9.91. The van der Waals surface area contributed by atoms with E-state index in [9.17, 15) is 4.79 Å². The molecule has 0 radical (unpaired) electrons. The molecule has 0 unspecified atom stereocenters. The van der Waals surface area contributed by atoms with E-state index in [-0.39, 0.29) is 11.6 Å². The summed E-state index contributed by atoms with van der Waals surface area (Å²) in [6.45, 7) is 2.00. The Morgan fingerprint density at radius 2 is 1.78 bits per heavy atom. The van der Waals surface area contributed by atoms with E-state index in [0.29, 0.717) is 6.04 Å². The Bertz CT molecular complexity index is 962. The highest BCUT2D eigenvalue weighted by Crippen LogP contribution is 2.29. The van der Waals surface area contributed by atoms with Crippen molar-refractivity contribution < 1.29 is 0 Å². The van der Waals surface area contributed by atoms with Crippen LogP contribution in [-0.4, -0.2) is 25.8 Å². The first-order valence-electron chi connectivity index (χ1n) is 9.38. The highest BCUT2D eigenvalue weighted by molar-refractivity contribution is 5.57. The third-order valence-corrected chi connectivity index (χ3v) is 5.11. The molecule has 1 saturated carbocycles. The van der Waals surface area contributed by atoms with Gasteiger partial charge in [-0.3, -0.25) is 14.8 Å². The zero-order chi connectivity index (χ0) is 18.6. The molecule has 0 atom stereocenters. The Kier molecular flexibility index (Phi) is 4.96. The van der Waals surface area contributed by atoms with Gasteiger partial charge < -0.3 is 5.32 Å². The van der Waals surface area contributed by atoms with Gasteiger partial charge in [-0.05, 0) is 62.9 Å². The largest absolute Gasteiger partial charge is 0.382 e. The standard InChI is InChI=1S/C21H23N5O/c1-15-14-18(10-13-23-15)24-17-2-4-19(5-3-17)26-21(27)7-6-20(25-26)16-8-11-22-12-9-16/h6-14,17,19H,2-5H2,1H3,(H,23,24). The van der Waals surface area contributed by atoms with Crippen LogP contribution in [0.4, 0.5) is 5.69 Å². The molecule has 6 nitrogen and oxygen atoms in total. The summed E-state index contributed by atoms with van der Waals surface area (Å²) in [4.78, 5) is 20.7. The van der Waals surface area contributed by atoms with E-state index in [1.54, 1.807) is 29.2 Å². The number of pyridine rings is 2. The van der Waals surface area contributed by atoms with E-state index in [0.717, 1.165) is 48.3 Å². The van der Waals surface area contributed by atoms with Crippen LogP contribution >= 0.6 is 0 Å². The second-order valence-corrected chi connectivity index (χ2v) is 7.07. The zero-order valence-electron chi connectivity index (χ0n) is 15.4. The highest BCUT2D eigenvalue weighted by Gasteiger charge is 2.24. The molecule has 0 aliphatic heterocycles. The lowest BCUT2D eigenvalue weighted by Gasteiger charge is -2.30. The van der Waals surface area contributed by atoms with E-state index in [1.165, 1.54) is 0 Å². The normalized spacial score (nSPS) is 19.6. The molecular formula is C21H23N5O. The van der Waals surface area contributed by atoms with Gasteiger partial charge in [0.2, 0.25) is 0 Å². The first kappa shape index (κ1) is 17.4. The number of aromatic nitrogens is 4. The van der Waals surface area contributed by atoms with Gasteiger partial charge >= 0.3 is 0 Å². The number of anilines is 1. The lowest BCUT2D eigenvalue weighted by molar-refractivity contribution is 0.304. The third-order valence-electron chi connectivity index (χ3n) is 5.11. The monoisotopic (exact) mass is 361 g/mol. The topological polar surface area (TPSA) is 72.7 Å². The number of nitrogens with zero attached hydrogens (tertiary/aromatic N) is 4. The lowest BCUT2D eigenvalue weighted by Crippen LogP contribution is -2.33. The number of nitrogens with one attached hydrogen (secondary N) is 1. The van der Waals surface area contributed by atoms with E-state index in [1.807, 2.05) is 31.3 Å². The number of aryl methyl sites for hydroxylation is 1. The summed E-state index contributed by atoms with van der Waals surface area (Å²) in [5.41, 5.74) is 3.87. The van der Waals surface area contributed by atoms with Gasteiger partial charge in [0.15, 0.2) is 0 Å². The van der Waals surface area contributed by atoms with Crippen LogP contribution in [0.3, 0.4) is 0 Å². The van der Waals surface area contributed by atoms with Crippen LogP contribution in [0.15, 0.2) is 59.8 Å². The first-order valence-corrected chi connectivity index (χ1v) is 9.38. The molecule has 0 spiro atoms. The fourth-order valence-corrected chi connectivity index (χ4v) is 3.70. The van der Waals surface area contributed by atoms with Crippen molar-refractivity contribution in [2.24, 2.45) is 0 Å². The minimum atomic E-state index is -0.0334. The second-order valence-electron chi connectivity index (χ2n) is 7.07. The van der Waals surface area contributed by atoms with Gasteiger partial charge in [0.1, 0.15) is 0 Å². The summed E-state index contributed by atoms with van der Waals surface area (Å²) in [6.07, 6.45) is 9.22. The highest BCUT2D eigenvalue weighted by atomic mass is 16.1. The van der Waals surface area contributed by atoms with Gasteiger partial charge in [-0.15, -0.1) is 0 Å². The Balaban J connectivity index is 1.46. The summed E-state index contributed by atoms with van der Waals surface area (Å²) in [5.74, 6) is 0. The first-order chi connectivity index (χ1) is 13.2. The van der Waals surface area contributed by atoms with Gasteiger partial charge in [0.05, 0.1) is 11.7 Å². The quantitative estimate of drug-likeness (QED) is 0.769. The molecule has 1 fully saturated rings. The molecule has 0 aromatic carbocycles. The van der Waals surface area contributed by atoms with Crippen LogP contribution < -0.4 is 10.9 Å². The maximum Gasteiger partial charge on any atom is 0.267 e. The smallest absolute Gasteiger partial charge is 0.267 e. The summed E-state index contributed by atoms with van der Waals surface area (Å²) in [7, 11) is 0. The van der Waals surface area contributed by atoms with Crippen molar-refractivity contribution >= 4 is 5.69 Å². The molecule has 3 heterocycles. The zero-order valence-corrected chi connectivity index (χ0v) is 15.4. The third kappa shape index (κ3) is 4.05. The van der Waals surface area contributed by atoms with Crippen LogP contribution in [0.5, 0.6) is 0 Å². The molecular weight excluding hydrogens is 338 g/mol. The van der Waals surface area contributed by atoms with Crippen LogP contribution in [0.2, 0.25) is 0 Å². The average Bonchev–Trinajstić information content (AvgIpc) is 2.70. The summed E-state index contributed by atoms with van der Waals surface area (Å²) in [5, 5.41) is 8.23. The minimum Gasteiger partial charge on any atom is -0.382 e. The van der Waals surface area contributed by atoms with Gasteiger partial charge in [-0.2, -0.15) is 5.10 Å². The summed E-state index contributed by atoms with van der Waals surface area (Å²) in [6, 6.07) is 11.9. The summed E-state index contributed by atoms with van der Waals surface area (Å²) >= 11 is 0. The predicted molar refractivity (Wildman–Crippen MR) is 106 cm³/mol. The molecule has 6 heteroatoms. The Morgan fingerprint density at radius 3 is 2.52 bits per heavy atom. The van der Waals surface area contributed by atoms with Gasteiger partial charge in [0, 0.05) is 47.6 Å². The van der Waals surface area contributed by atoms with Crippen LogP contribution in [0.1, 0.15) is 37.4 Å². The van der Waals surface area contributed by atoms with Crippen molar-refractivity contribution in [3.63, 3.8) is 0 Å². The van der Waals surface area contributed by atoms with Crippen LogP contribution in [-0.2, 0) is 0 Å². The molecule has 0 amide bonds. The summed E-state index contributed by atoms with van der Waals surface area (Å²) < 4.78 is 1.67. The molecule has 27 heavy (non-hydrogen) atoms. The molecule has 138 valence electrons. The van der Waals surface area contributed by atoms with Gasteiger partial charge in [0.25, 0.3) is 5.56 Å². The van der Waals surface area contributed by atoms with Crippen molar-refractivity contribution in [3.05, 3.63) is 71.0 Å². The fraction of sp³-hybridized carbons (Fsp3) is 0.333. The predicted octanol–water partition coefficient (Wildman–Crippen LogP) is 3.60. The van der Waals surface area contributed by atoms with E-state index in [4.69, 9.17) is 0 Å². The average molecular weight is 361 g/mol. The van der Waals surface area contributed by atoms with Crippen LogP contribution in [0, 0.1) is 6.92 Å². The molecule has 3 aromatic heterocycles. The number of hydrogen-bond acceptors (Lipinski definition) is 5. The molecule has 0 bridgehead atoms. The molecule has 3 aromatic rings. The van der Waals surface area contributed by atoms with Crippen molar-refractivity contribution in [1.82, 2.24) is 19.7 Å². The fourth-order valence-electron chi connectivity index (χ4n) is 3.70. The van der Waals surface area contributed by atoms with Crippen molar-refractivity contribution in [1.29, 1.82) is 0 Å². The maximum atomic E-state index is 12.4. The molecule has 0 saturated heterocycles. The van der Waals surface area contributed by atoms with E-state index in [2.05, 4.69) is 26.4 Å². The SMILES string of the molecule is Cc1cc(NC2CCC(n3nc(-c4ccncc4)ccc3=O)CC2)ccn1. The van der Waals surface area contributed by atoms with E-state index < -0.39 is 0 Å². The van der Waals surface area contributed by atoms with Gasteiger partial charge in [-0.1, -0.05) is 0 Å². The van der Waals surface area contributed by atoms with Crippen molar-refractivity contribution in [3.8, 4) is 11.3 Å².